The van der Waals surface area contributed by atoms with Gasteiger partial charge in [-0.3, -0.25) is 4.90 Å². The molecule has 0 radical (unpaired) electrons. The first kappa shape index (κ1) is 15.9. The molecule has 0 amide bonds. The summed E-state index contributed by atoms with van der Waals surface area (Å²) in [6, 6.07) is 0. The summed E-state index contributed by atoms with van der Waals surface area (Å²) in [4.78, 5) is 2.32. The molecule has 4 heteroatoms. The molecule has 1 rings (SSSR count). The van der Waals surface area contributed by atoms with E-state index < -0.39 is 0 Å². The van der Waals surface area contributed by atoms with Crippen LogP contribution in [0.5, 0.6) is 0 Å². The first-order valence-electron chi connectivity index (χ1n) is 7.17. The van der Waals surface area contributed by atoms with Gasteiger partial charge in [0.15, 0.2) is 0 Å². The van der Waals surface area contributed by atoms with Crippen LogP contribution >= 0.6 is 0 Å². The van der Waals surface area contributed by atoms with Crippen molar-refractivity contribution in [3.63, 3.8) is 0 Å². The minimum atomic E-state index is -0.301. The average molecular weight is 258 g/mol. The van der Waals surface area contributed by atoms with E-state index >= 15 is 0 Å². The molecule has 2 N–H and O–H groups in total. The lowest BCUT2D eigenvalue weighted by atomic mass is 10.1. The molecule has 1 heterocycles. The standard InChI is InChI=1S/C14H30N2O2/c1-5-18-13-7-6-8-16(11-13)10-12(17)9-15-14(2,3)4/h12-13,15,17H,5-11H2,1-4H3. The van der Waals surface area contributed by atoms with Crippen molar-refractivity contribution in [2.24, 2.45) is 0 Å². The Balaban J connectivity index is 2.24. The molecule has 0 aliphatic carbocycles. The number of rotatable bonds is 6. The minimum Gasteiger partial charge on any atom is -0.390 e. The van der Waals surface area contributed by atoms with Crippen molar-refractivity contribution in [3.05, 3.63) is 0 Å². The molecule has 1 aliphatic rings. The van der Waals surface area contributed by atoms with Gasteiger partial charge >= 0.3 is 0 Å². The van der Waals surface area contributed by atoms with Crippen LogP contribution in [0.3, 0.4) is 0 Å². The predicted octanol–water partition coefficient (Wildman–Crippen LogP) is 1.24. The van der Waals surface area contributed by atoms with Gasteiger partial charge in [-0.2, -0.15) is 0 Å². The monoisotopic (exact) mass is 258 g/mol. The van der Waals surface area contributed by atoms with Gasteiger partial charge in [-0.05, 0) is 47.1 Å². The van der Waals surface area contributed by atoms with Crippen LogP contribution in [0.15, 0.2) is 0 Å². The van der Waals surface area contributed by atoms with Gasteiger partial charge in [0.1, 0.15) is 0 Å². The first-order chi connectivity index (χ1) is 8.40. The van der Waals surface area contributed by atoms with Crippen molar-refractivity contribution in [1.82, 2.24) is 10.2 Å². The van der Waals surface area contributed by atoms with E-state index in [1.165, 1.54) is 6.42 Å². The van der Waals surface area contributed by atoms with Gasteiger partial charge in [0.2, 0.25) is 0 Å². The fourth-order valence-corrected chi connectivity index (χ4v) is 2.34. The van der Waals surface area contributed by atoms with Gasteiger partial charge < -0.3 is 15.2 Å². The second-order valence-corrected chi connectivity index (χ2v) is 6.26. The maximum Gasteiger partial charge on any atom is 0.0791 e. The summed E-state index contributed by atoms with van der Waals surface area (Å²) < 4.78 is 5.67. The zero-order valence-corrected chi connectivity index (χ0v) is 12.4. The molecule has 0 aromatic heterocycles. The zero-order chi connectivity index (χ0) is 13.6. The normalized spacial score (nSPS) is 24.2. The highest BCUT2D eigenvalue weighted by Crippen LogP contribution is 2.13. The van der Waals surface area contributed by atoms with Crippen molar-refractivity contribution >= 4 is 0 Å². The number of β-amino-alcohol motifs (C(OH)–C–C–N with tert-alkyl or cyclic N) is 1. The third-order valence-corrected chi connectivity index (χ3v) is 3.20. The summed E-state index contributed by atoms with van der Waals surface area (Å²) in [5.74, 6) is 0. The van der Waals surface area contributed by atoms with Crippen molar-refractivity contribution in [3.8, 4) is 0 Å². The van der Waals surface area contributed by atoms with Gasteiger partial charge in [-0.1, -0.05) is 0 Å². The number of aliphatic hydroxyl groups is 1. The number of nitrogens with one attached hydrogen (secondary N) is 1. The highest BCUT2D eigenvalue weighted by molar-refractivity contribution is 4.78. The lowest BCUT2D eigenvalue weighted by Crippen LogP contribution is -2.48. The molecular weight excluding hydrogens is 228 g/mol. The molecule has 1 saturated heterocycles. The number of hydrogen-bond donors (Lipinski definition) is 2. The molecule has 2 atom stereocenters. The van der Waals surface area contributed by atoms with Crippen molar-refractivity contribution < 1.29 is 9.84 Å². The Morgan fingerprint density at radius 2 is 2.17 bits per heavy atom. The quantitative estimate of drug-likeness (QED) is 0.752. The zero-order valence-electron chi connectivity index (χ0n) is 12.4. The Kier molecular flexibility index (Phi) is 6.57. The van der Waals surface area contributed by atoms with E-state index in [0.29, 0.717) is 12.6 Å². The molecule has 18 heavy (non-hydrogen) atoms. The van der Waals surface area contributed by atoms with Crippen molar-refractivity contribution in [2.45, 2.75) is 58.3 Å². The molecule has 0 aromatic carbocycles. The molecule has 1 aliphatic heterocycles. The van der Waals surface area contributed by atoms with Crippen LogP contribution in [0.25, 0.3) is 0 Å². The predicted molar refractivity (Wildman–Crippen MR) is 74.9 cm³/mol. The van der Waals surface area contributed by atoms with Crippen LogP contribution in [0.4, 0.5) is 0 Å². The van der Waals surface area contributed by atoms with Crippen LogP contribution < -0.4 is 5.32 Å². The summed E-state index contributed by atoms with van der Waals surface area (Å²) in [5.41, 5.74) is 0.0662. The van der Waals surface area contributed by atoms with Gasteiger partial charge in [-0.25, -0.2) is 0 Å². The van der Waals surface area contributed by atoms with Crippen molar-refractivity contribution in [2.75, 3.05) is 32.8 Å². The van der Waals surface area contributed by atoms with E-state index in [2.05, 4.69) is 31.0 Å². The topological polar surface area (TPSA) is 44.7 Å². The largest absolute Gasteiger partial charge is 0.390 e. The Hall–Kier alpha value is -0.160. The van der Waals surface area contributed by atoms with Gasteiger partial charge in [0.25, 0.3) is 0 Å². The maximum atomic E-state index is 10.0. The number of piperidine rings is 1. The minimum absolute atomic E-state index is 0.0662. The average Bonchev–Trinajstić information content (AvgIpc) is 2.26. The summed E-state index contributed by atoms with van der Waals surface area (Å²) >= 11 is 0. The Morgan fingerprint density at radius 1 is 1.44 bits per heavy atom. The number of ether oxygens (including phenoxy) is 1. The van der Waals surface area contributed by atoms with Crippen LogP contribution in [-0.4, -0.2) is 60.5 Å². The molecule has 0 spiro atoms. The highest BCUT2D eigenvalue weighted by atomic mass is 16.5. The van der Waals surface area contributed by atoms with Crippen LogP contribution in [0, 0.1) is 0 Å². The molecular formula is C14H30N2O2. The number of likely N-dealkylation sites (tertiary alicyclic amines) is 1. The third kappa shape index (κ3) is 6.69. The number of hydrogen-bond acceptors (Lipinski definition) is 4. The lowest BCUT2D eigenvalue weighted by molar-refractivity contribution is -0.00711. The van der Waals surface area contributed by atoms with Crippen LogP contribution in [0.2, 0.25) is 0 Å². The van der Waals surface area contributed by atoms with E-state index in [0.717, 1.165) is 32.7 Å². The summed E-state index contributed by atoms with van der Waals surface area (Å²) in [6.07, 6.45) is 2.38. The van der Waals surface area contributed by atoms with E-state index in [1.54, 1.807) is 0 Å². The summed E-state index contributed by atoms with van der Waals surface area (Å²) in [6.45, 7) is 12.6. The van der Waals surface area contributed by atoms with Gasteiger partial charge in [0, 0.05) is 31.8 Å². The molecule has 0 aromatic rings. The van der Waals surface area contributed by atoms with E-state index in [-0.39, 0.29) is 11.6 Å². The summed E-state index contributed by atoms with van der Waals surface area (Å²) in [7, 11) is 0. The maximum absolute atomic E-state index is 10.0. The van der Waals surface area contributed by atoms with Crippen LogP contribution in [0.1, 0.15) is 40.5 Å². The lowest BCUT2D eigenvalue weighted by Gasteiger charge is -2.34. The van der Waals surface area contributed by atoms with E-state index in [1.807, 2.05) is 6.92 Å². The van der Waals surface area contributed by atoms with E-state index in [4.69, 9.17) is 4.74 Å². The fraction of sp³-hybridized carbons (Fsp3) is 1.00. The molecule has 108 valence electrons. The molecule has 0 bridgehead atoms. The summed E-state index contributed by atoms with van der Waals surface area (Å²) in [5, 5.41) is 13.4. The molecule has 1 fully saturated rings. The Morgan fingerprint density at radius 3 is 2.78 bits per heavy atom. The highest BCUT2D eigenvalue weighted by Gasteiger charge is 2.22. The molecule has 0 saturated carbocycles. The van der Waals surface area contributed by atoms with E-state index in [9.17, 15) is 5.11 Å². The first-order valence-corrected chi connectivity index (χ1v) is 7.17. The van der Waals surface area contributed by atoms with Gasteiger partial charge in [-0.15, -0.1) is 0 Å². The van der Waals surface area contributed by atoms with Crippen molar-refractivity contribution in [1.29, 1.82) is 0 Å². The fourth-order valence-electron chi connectivity index (χ4n) is 2.34. The van der Waals surface area contributed by atoms with Gasteiger partial charge in [0.05, 0.1) is 12.2 Å². The van der Waals surface area contributed by atoms with Crippen LogP contribution in [-0.2, 0) is 4.74 Å². The molecule has 2 unspecified atom stereocenters. The smallest absolute Gasteiger partial charge is 0.0791 e. The second-order valence-electron chi connectivity index (χ2n) is 6.26. The number of aliphatic hydroxyl groups excluding tert-OH is 1. The third-order valence-electron chi connectivity index (χ3n) is 3.20. The second kappa shape index (κ2) is 7.43. The number of nitrogens with zero attached hydrogens (tertiary/aromatic N) is 1. The Bertz CT molecular complexity index is 226. The SMILES string of the molecule is CCOC1CCCN(CC(O)CNC(C)(C)C)C1. The molecule has 4 nitrogen and oxygen atoms in total. The Labute approximate surface area is 112 Å².